The van der Waals surface area contributed by atoms with Gasteiger partial charge in [-0.15, -0.1) is 0 Å². The van der Waals surface area contributed by atoms with Crippen LogP contribution in [-0.4, -0.2) is 5.78 Å². The second-order valence-corrected chi connectivity index (χ2v) is 6.89. The maximum Gasteiger partial charge on any atom is 0.155 e. The second-order valence-electron chi connectivity index (χ2n) is 6.89. The van der Waals surface area contributed by atoms with Crippen molar-refractivity contribution in [2.45, 2.75) is 43.9 Å². The molecule has 23 heavy (non-hydrogen) atoms. The van der Waals surface area contributed by atoms with Crippen molar-refractivity contribution >= 4 is 5.78 Å². The van der Waals surface area contributed by atoms with Crippen LogP contribution < -0.4 is 0 Å². The van der Waals surface area contributed by atoms with E-state index >= 15 is 0 Å². The molecule has 1 nitrogen and oxygen atoms in total. The summed E-state index contributed by atoms with van der Waals surface area (Å²) in [5.41, 5.74) is 5.68. The van der Waals surface area contributed by atoms with E-state index in [9.17, 15) is 4.79 Å². The van der Waals surface area contributed by atoms with Crippen LogP contribution in [0, 0.1) is 0 Å². The van der Waals surface area contributed by atoms with Gasteiger partial charge in [-0.25, -0.2) is 0 Å². The van der Waals surface area contributed by atoms with Crippen molar-refractivity contribution in [2.75, 3.05) is 0 Å². The Kier molecular flexibility index (Phi) is 3.65. The fourth-order valence-electron chi connectivity index (χ4n) is 4.44. The topological polar surface area (TPSA) is 17.1 Å². The van der Waals surface area contributed by atoms with Crippen molar-refractivity contribution in [3.8, 4) is 0 Å². The second kappa shape index (κ2) is 5.81. The number of carbonyl (C=O) groups is 1. The summed E-state index contributed by atoms with van der Waals surface area (Å²) in [5, 5.41) is 0. The summed E-state index contributed by atoms with van der Waals surface area (Å²) in [4.78, 5) is 12.1. The highest BCUT2D eigenvalue weighted by molar-refractivity contribution is 5.92. The molecule has 0 radical (unpaired) electrons. The lowest BCUT2D eigenvalue weighted by Gasteiger charge is -2.39. The average Bonchev–Trinajstić information content (AvgIpc) is 2.73. The van der Waals surface area contributed by atoms with Gasteiger partial charge in [-0.2, -0.15) is 0 Å². The van der Waals surface area contributed by atoms with Crippen LogP contribution in [0.15, 0.2) is 66.2 Å². The molecule has 0 amide bonds. The minimum Gasteiger partial charge on any atom is -0.295 e. The van der Waals surface area contributed by atoms with E-state index < -0.39 is 0 Å². The summed E-state index contributed by atoms with van der Waals surface area (Å²) in [5.74, 6) is 0.308. The molecule has 0 saturated carbocycles. The molecule has 2 aliphatic carbocycles. The Morgan fingerprint density at radius 3 is 2.52 bits per heavy atom. The average molecular weight is 302 g/mol. The number of carbonyl (C=O) groups excluding carboxylic acids is 1. The maximum atomic E-state index is 12.1. The first kappa shape index (κ1) is 14.4. The molecule has 2 aromatic rings. The van der Waals surface area contributed by atoms with E-state index in [1.807, 2.05) is 6.08 Å². The first-order chi connectivity index (χ1) is 11.3. The lowest BCUT2D eigenvalue weighted by Crippen LogP contribution is -2.35. The summed E-state index contributed by atoms with van der Waals surface area (Å²) < 4.78 is 0. The molecule has 116 valence electrons. The number of benzene rings is 2. The van der Waals surface area contributed by atoms with Crippen LogP contribution >= 0.6 is 0 Å². The van der Waals surface area contributed by atoms with Gasteiger partial charge in [0.15, 0.2) is 5.78 Å². The third kappa shape index (κ3) is 2.55. The molecule has 0 aromatic heterocycles. The third-order valence-electron chi connectivity index (χ3n) is 5.52. The first-order valence-corrected chi connectivity index (χ1v) is 8.64. The lowest BCUT2D eigenvalue weighted by atomic mass is 9.63. The van der Waals surface area contributed by atoms with Crippen LogP contribution in [0.25, 0.3) is 0 Å². The molecule has 0 aliphatic heterocycles. The van der Waals surface area contributed by atoms with Gasteiger partial charge in [-0.1, -0.05) is 60.2 Å². The highest BCUT2D eigenvalue weighted by Crippen LogP contribution is 2.47. The summed E-state index contributed by atoms with van der Waals surface area (Å²) >= 11 is 0. The molecule has 0 N–H and O–H groups in total. The Balaban J connectivity index is 1.89. The van der Waals surface area contributed by atoms with Gasteiger partial charge in [0.1, 0.15) is 0 Å². The van der Waals surface area contributed by atoms with Gasteiger partial charge < -0.3 is 0 Å². The first-order valence-electron chi connectivity index (χ1n) is 8.64. The van der Waals surface area contributed by atoms with Crippen LogP contribution in [0.5, 0.6) is 0 Å². The molecule has 0 heterocycles. The van der Waals surface area contributed by atoms with Gasteiger partial charge >= 0.3 is 0 Å². The van der Waals surface area contributed by atoms with Gasteiger partial charge in [0, 0.05) is 11.8 Å². The van der Waals surface area contributed by atoms with Crippen molar-refractivity contribution in [1.29, 1.82) is 0 Å². The number of ketones is 1. The molecule has 0 spiro atoms. The molecule has 1 heteroatoms. The zero-order valence-corrected chi connectivity index (χ0v) is 13.4. The van der Waals surface area contributed by atoms with Crippen LogP contribution in [0.4, 0.5) is 0 Å². The minimum absolute atomic E-state index is 0.0162. The molecule has 2 aliphatic rings. The Labute approximate surface area is 138 Å². The van der Waals surface area contributed by atoms with E-state index in [-0.39, 0.29) is 5.41 Å². The summed E-state index contributed by atoms with van der Waals surface area (Å²) in [6, 6.07) is 19.6. The van der Waals surface area contributed by atoms with Gasteiger partial charge in [0.05, 0.1) is 0 Å². The van der Waals surface area contributed by atoms with Gasteiger partial charge in [-0.3, -0.25) is 4.79 Å². The fourth-order valence-corrected chi connectivity index (χ4v) is 4.44. The Hall–Kier alpha value is -2.15. The molecule has 0 fully saturated rings. The largest absolute Gasteiger partial charge is 0.295 e. The number of hydrogen-bond donors (Lipinski definition) is 0. The maximum absolute atomic E-state index is 12.1. The van der Waals surface area contributed by atoms with Gasteiger partial charge in [0.25, 0.3) is 0 Å². The van der Waals surface area contributed by atoms with Gasteiger partial charge in [-0.05, 0) is 54.9 Å². The fraction of sp³-hybridized carbons (Fsp3) is 0.318. The monoisotopic (exact) mass is 302 g/mol. The molecular weight excluding hydrogens is 280 g/mol. The van der Waals surface area contributed by atoms with E-state index in [4.69, 9.17) is 0 Å². The third-order valence-corrected chi connectivity index (χ3v) is 5.52. The number of allylic oxidation sites excluding steroid dienone is 2. The van der Waals surface area contributed by atoms with Crippen LogP contribution in [-0.2, 0) is 23.1 Å². The molecule has 1 atom stereocenters. The van der Waals surface area contributed by atoms with Crippen LogP contribution in [0.3, 0.4) is 0 Å². The molecule has 1 unspecified atom stereocenters. The normalized spacial score (nSPS) is 23.5. The Morgan fingerprint density at radius 1 is 0.870 bits per heavy atom. The minimum atomic E-state index is 0.0162. The van der Waals surface area contributed by atoms with Crippen molar-refractivity contribution in [3.05, 3.63) is 82.9 Å². The van der Waals surface area contributed by atoms with E-state index in [1.165, 1.54) is 22.3 Å². The summed E-state index contributed by atoms with van der Waals surface area (Å²) in [6.07, 6.45) is 7.91. The quantitative estimate of drug-likeness (QED) is 0.779. The zero-order valence-electron chi connectivity index (χ0n) is 13.4. The summed E-state index contributed by atoms with van der Waals surface area (Å²) in [7, 11) is 0. The summed E-state index contributed by atoms with van der Waals surface area (Å²) in [6.45, 7) is 0. The van der Waals surface area contributed by atoms with Crippen LogP contribution in [0.1, 0.15) is 42.4 Å². The molecular formula is C22H22O. The number of fused-ring (bicyclic) bond motifs is 3. The van der Waals surface area contributed by atoms with E-state index in [1.54, 1.807) is 0 Å². The van der Waals surface area contributed by atoms with Crippen LogP contribution in [0.2, 0.25) is 0 Å². The van der Waals surface area contributed by atoms with Crippen molar-refractivity contribution in [1.82, 2.24) is 0 Å². The van der Waals surface area contributed by atoms with Crippen molar-refractivity contribution < 1.29 is 4.79 Å². The van der Waals surface area contributed by atoms with E-state index in [0.717, 1.165) is 32.1 Å². The molecule has 0 bridgehead atoms. The molecule has 0 saturated heterocycles. The standard InChI is InChI=1S/C22H22O/c23-20-13-14-22(16-17-7-2-1-3-8-17)19(15-20)11-6-10-18-9-4-5-12-21(18)22/h1-5,7-9,12,15H,6,10-11,13-14,16H2. The lowest BCUT2D eigenvalue weighted by molar-refractivity contribution is -0.115. The number of rotatable bonds is 2. The SMILES string of the molecule is O=C1C=C2CCCc3ccccc3C2(Cc2ccccc2)CC1. The highest BCUT2D eigenvalue weighted by Gasteiger charge is 2.41. The Morgan fingerprint density at radius 2 is 1.65 bits per heavy atom. The number of hydrogen-bond acceptors (Lipinski definition) is 1. The van der Waals surface area contributed by atoms with E-state index in [0.29, 0.717) is 12.2 Å². The smallest absolute Gasteiger partial charge is 0.155 e. The Bertz CT molecular complexity index is 757. The zero-order chi connectivity index (χ0) is 15.7. The van der Waals surface area contributed by atoms with E-state index in [2.05, 4.69) is 54.6 Å². The van der Waals surface area contributed by atoms with Crippen molar-refractivity contribution in [3.63, 3.8) is 0 Å². The highest BCUT2D eigenvalue weighted by atomic mass is 16.1. The predicted molar refractivity (Wildman–Crippen MR) is 93.5 cm³/mol. The molecule has 4 rings (SSSR count). The predicted octanol–water partition coefficient (Wildman–Crippen LogP) is 4.79. The van der Waals surface area contributed by atoms with Gasteiger partial charge in [0.2, 0.25) is 0 Å². The molecule has 2 aromatic carbocycles. The number of aryl methyl sites for hydroxylation is 1. The van der Waals surface area contributed by atoms with Crippen molar-refractivity contribution in [2.24, 2.45) is 0 Å².